The molecule has 0 spiro atoms. The minimum Gasteiger partial charge on any atom is -0.373 e. The Labute approximate surface area is 164 Å². The summed E-state index contributed by atoms with van der Waals surface area (Å²) in [5, 5.41) is 5.94. The Hall–Kier alpha value is -2.47. The Bertz CT molecular complexity index is 793. The van der Waals surface area contributed by atoms with Gasteiger partial charge in [-0.05, 0) is 62.8 Å². The van der Waals surface area contributed by atoms with Crippen LogP contribution in [0.3, 0.4) is 0 Å². The van der Waals surface area contributed by atoms with Gasteiger partial charge in [-0.15, -0.1) is 0 Å². The van der Waals surface area contributed by atoms with E-state index >= 15 is 0 Å². The highest BCUT2D eigenvalue weighted by atomic mass is 19.1. The first-order valence-electron chi connectivity index (χ1n) is 9.62. The normalized spacial score (nSPS) is 19.3. The number of benzene rings is 2. The zero-order chi connectivity index (χ0) is 20.1. The standard InChI is InChI=1S/C22H26F2N2O2/c1-14-5-3-6-15(2)21(14)26-22(27)25-16-9-11-17(12-10-16)28-13-18-19(23)7-4-8-20(18)24/h3-8,16-17H,9-13H2,1-2H3,(H2,25,26,27). The first-order valence-corrected chi connectivity index (χ1v) is 9.62. The average Bonchev–Trinajstić information content (AvgIpc) is 2.66. The van der Waals surface area contributed by atoms with E-state index in [1.54, 1.807) is 0 Å². The number of carbonyl (C=O) groups excluding carboxylic acids is 1. The summed E-state index contributed by atoms with van der Waals surface area (Å²) < 4.78 is 33.0. The van der Waals surface area contributed by atoms with Gasteiger partial charge >= 0.3 is 6.03 Å². The summed E-state index contributed by atoms with van der Waals surface area (Å²) in [4.78, 5) is 12.3. The summed E-state index contributed by atoms with van der Waals surface area (Å²) in [5.41, 5.74) is 2.85. The molecule has 2 amide bonds. The van der Waals surface area contributed by atoms with Crippen molar-refractivity contribution in [3.05, 3.63) is 64.7 Å². The molecule has 150 valence electrons. The molecule has 1 fully saturated rings. The molecule has 0 aliphatic heterocycles. The van der Waals surface area contributed by atoms with Gasteiger partial charge in [-0.3, -0.25) is 0 Å². The van der Waals surface area contributed by atoms with Crippen LogP contribution in [0.5, 0.6) is 0 Å². The molecule has 0 heterocycles. The molecule has 0 aromatic heterocycles. The van der Waals surface area contributed by atoms with Crippen molar-refractivity contribution >= 4 is 11.7 Å². The zero-order valence-electron chi connectivity index (χ0n) is 16.2. The fraction of sp³-hybridized carbons (Fsp3) is 0.409. The number of halogens is 2. The fourth-order valence-electron chi connectivity index (χ4n) is 3.59. The summed E-state index contributed by atoms with van der Waals surface area (Å²) >= 11 is 0. The summed E-state index contributed by atoms with van der Waals surface area (Å²) in [7, 11) is 0. The van der Waals surface area contributed by atoms with Gasteiger partial charge in [-0.2, -0.15) is 0 Å². The summed E-state index contributed by atoms with van der Waals surface area (Å²) in [6.07, 6.45) is 2.96. The molecule has 1 saturated carbocycles. The average molecular weight is 388 g/mol. The smallest absolute Gasteiger partial charge is 0.319 e. The Morgan fingerprint density at radius 1 is 1.00 bits per heavy atom. The number of ether oxygens (including phenoxy) is 1. The van der Waals surface area contributed by atoms with Crippen LogP contribution in [0.2, 0.25) is 0 Å². The predicted molar refractivity (Wildman–Crippen MR) is 105 cm³/mol. The summed E-state index contributed by atoms with van der Waals surface area (Å²) in [6.45, 7) is 3.85. The topological polar surface area (TPSA) is 50.4 Å². The van der Waals surface area contributed by atoms with Gasteiger partial charge in [0.2, 0.25) is 0 Å². The highest BCUT2D eigenvalue weighted by Crippen LogP contribution is 2.24. The second kappa shape index (κ2) is 9.15. The molecule has 1 aliphatic carbocycles. The summed E-state index contributed by atoms with van der Waals surface area (Å²) in [6, 6.07) is 9.54. The maximum Gasteiger partial charge on any atom is 0.319 e. The van der Waals surface area contributed by atoms with Crippen LogP contribution >= 0.6 is 0 Å². The number of urea groups is 1. The molecule has 0 saturated heterocycles. The second-order valence-electron chi connectivity index (χ2n) is 7.35. The van der Waals surface area contributed by atoms with Crippen molar-refractivity contribution in [2.24, 2.45) is 0 Å². The SMILES string of the molecule is Cc1cccc(C)c1NC(=O)NC1CCC(OCc2c(F)cccc2F)CC1. The van der Waals surface area contributed by atoms with E-state index in [0.717, 1.165) is 42.5 Å². The Kier molecular flexibility index (Phi) is 6.62. The van der Waals surface area contributed by atoms with E-state index in [2.05, 4.69) is 10.6 Å². The number of amides is 2. The van der Waals surface area contributed by atoms with Crippen molar-refractivity contribution in [1.82, 2.24) is 5.32 Å². The molecule has 0 radical (unpaired) electrons. The number of rotatable bonds is 5. The molecular formula is C22H26F2N2O2. The fourth-order valence-corrected chi connectivity index (χ4v) is 3.59. The van der Waals surface area contributed by atoms with E-state index < -0.39 is 11.6 Å². The maximum absolute atomic E-state index is 13.7. The van der Waals surface area contributed by atoms with Gasteiger partial charge in [0.25, 0.3) is 0 Å². The number of hydrogen-bond donors (Lipinski definition) is 2. The van der Waals surface area contributed by atoms with Gasteiger partial charge in [-0.25, -0.2) is 13.6 Å². The molecule has 2 aromatic carbocycles. The van der Waals surface area contributed by atoms with Crippen LogP contribution in [0.1, 0.15) is 42.4 Å². The van der Waals surface area contributed by atoms with Crippen molar-refractivity contribution in [2.45, 2.75) is 58.3 Å². The van der Waals surface area contributed by atoms with E-state index in [4.69, 9.17) is 4.74 Å². The van der Waals surface area contributed by atoms with Crippen LogP contribution in [-0.2, 0) is 11.3 Å². The highest BCUT2D eigenvalue weighted by Gasteiger charge is 2.24. The third kappa shape index (κ3) is 5.07. The number of para-hydroxylation sites is 1. The van der Waals surface area contributed by atoms with Crippen LogP contribution in [0, 0.1) is 25.5 Å². The van der Waals surface area contributed by atoms with Crippen LogP contribution < -0.4 is 10.6 Å². The molecular weight excluding hydrogens is 362 g/mol. The molecule has 2 aromatic rings. The number of nitrogens with one attached hydrogen (secondary N) is 2. The molecule has 1 aliphatic rings. The van der Waals surface area contributed by atoms with E-state index in [-0.39, 0.29) is 30.3 Å². The van der Waals surface area contributed by atoms with E-state index in [1.807, 2.05) is 32.0 Å². The highest BCUT2D eigenvalue weighted by molar-refractivity contribution is 5.91. The van der Waals surface area contributed by atoms with Gasteiger partial charge < -0.3 is 15.4 Å². The number of aryl methyl sites for hydroxylation is 2. The van der Waals surface area contributed by atoms with Crippen molar-refractivity contribution in [1.29, 1.82) is 0 Å². The Morgan fingerprint density at radius 3 is 2.18 bits per heavy atom. The molecule has 3 rings (SSSR count). The largest absolute Gasteiger partial charge is 0.373 e. The summed E-state index contributed by atoms with van der Waals surface area (Å²) in [5.74, 6) is -1.17. The lowest BCUT2D eigenvalue weighted by Gasteiger charge is -2.29. The lowest BCUT2D eigenvalue weighted by atomic mass is 9.93. The molecule has 6 heteroatoms. The van der Waals surface area contributed by atoms with Crippen LogP contribution in [-0.4, -0.2) is 18.2 Å². The molecule has 0 bridgehead atoms. The molecule has 28 heavy (non-hydrogen) atoms. The first kappa shape index (κ1) is 20.3. The van der Waals surface area contributed by atoms with Crippen LogP contribution in [0.25, 0.3) is 0 Å². The van der Waals surface area contributed by atoms with E-state index in [0.29, 0.717) is 0 Å². The van der Waals surface area contributed by atoms with Crippen molar-refractivity contribution in [3.8, 4) is 0 Å². The first-order chi connectivity index (χ1) is 13.4. The third-order valence-corrected chi connectivity index (χ3v) is 5.25. The lowest BCUT2D eigenvalue weighted by molar-refractivity contribution is 0.00964. The van der Waals surface area contributed by atoms with Gasteiger partial charge in [0.1, 0.15) is 11.6 Å². The monoisotopic (exact) mass is 388 g/mol. The zero-order valence-corrected chi connectivity index (χ0v) is 16.2. The Morgan fingerprint density at radius 2 is 1.57 bits per heavy atom. The molecule has 0 atom stereocenters. The molecule has 2 N–H and O–H groups in total. The van der Waals surface area contributed by atoms with Gasteiger partial charge in [-0.1, -0.05) is 24.3 Å². The minimum absolute atomic E-state index is 0.0317. The van der Waals surface area contributed by atoms with Gasteiger partial charge in [0, 0.05) is 17.3 Å². The number of hydrogen-bond acceptors (Lipinski definition) is 2. The van der Waals surface area contributed by atoms with Gasteiger partial charge in [0.15, 0.2) is 0 Å². The van der Waals surface area contributed by atoms with Crippen LogP contribution in [0.15, 0.2) is 36.4 Å². The van der Waals surface area contributed by atoms with Crippen molar-refractivity contribution in [3.63, 3.8) is 0 Å². The third-order valence-electron chi connectivity index (χ3n) is 5.25. The number of carbonyl (C=O) groups is 1. The molecule has 0 unspecified atom stereocenters. The maximum atomic E-state index is 13.7. The Balaban J connectivity index is 1.44. The van der Waals surface area contributed by atoms with Crippen LogP contribution in [0.4, 0.5) is 19.3 Å². The lowest BCUT2D eigenvalue weighted by Crippen LogP contribution is -2.41. The predicted octanol–water partition coefficient (Wildman–Crippen LogP) is 5.23. The van der Waals surface area contributed by atoms with Crippen molar-refractivity contribution in [2.75, 3.05) is 5.32 Å². The number of anilines is 1. The molecule has 4 nitrogen and oxygen atoms in total. The van der Waals surface area contributed by atoms with E-state index in [9.17, 15) is 13.6 Å². The second-order valence-corrected chi connectivity index (χ2v) is 7.35. The minimum atomic E-state index is -0.585. The quantitative estimate of drug-likeness (QED) is 0.737. The van der Waals surface area contributed by atoms with Crippen molar-refractivity contribution < 1.29 is 18.3 Å². The van der Waals surface area contributed by atoms with Gasteiger partial charge in [0.05, 0.1) is 12.7 Å². The van der Waals surface area contributed by atoms with E-state index in [1.165, 1.54) is 18.2 Å².